The molecule has 0 aliphatic carbocycles. The van der Waals surface area contributed by atoms with Crippen molar-refractivity contribution in [2.75, 3.05) is 5.75 Å². The number of hydrogen-bond donors (Lipinski definition) is 1. The molecule has 0 aliphatic rings. The lowest BCUT2D eigenvalue weighted by Gasteiger charge is -2.30. The van der Waals surface area contributed by atoms with Crippen LogP contribution in [0.1, 0.15) is 37.5 Å². The van der Waals surface area contributed by atoms with E-state index < -0.39 is 21.7 Å². The maximum Gasteiger partial charge on any atom is 0.405 e. The number of pyridine rings is 2. The van der Waals surface area contributed by atoms with Gasteiger partial charge < -0.3 is 10.5 Å². The summed E-state index contributed by atoms with van der Waals surface area (Å²) in [7, 11) is -3.73. The number of hydrogen-bond acceptors (Lipinski definition) is 6. The molecule has 0 aliphatic heterocycles. The van der Waals surface area contributed by atoms with E-state index in [2.05, 4.69) is 9.97 Å². The minimum atomic E-state index is -3.73. The smallest absolute Gasteiger partial charge is 0.405 e. The molecule has 3 heterocycles. The maximum absolute atomic E-state index is 13.4. The van der Waals surface area contributed by atoms with Gasteiger partial charge in [-0.15, -0.1) is 0 Å². The van der Waals surface area contributed by atoms with E-state index in [4.69, 9.17) is 10.5 Å². The van der Waals surface area contributed by atoms with Crippen molar-refractivity contribution in [3.63, 3.8) is 0 Å². The van der Waals surface area contributed by atoms with Crippen LogP contribution in [0.3, 0.4) is 0 Å². The molecule has 3 rings (SSSR count). The third-order valence-electron chi connectivity index (χ3n) is 5.79. The van der Waals surface area contributed by atoms with Crippen LogP contribution in [0.2, 0.25) is 0 Å². The van der Waals surface area contributed by atoms with Gasteiger partial charge in [-0.05, 0) is 68.0 Å². The Morgan fingerprint density at radius 3 is 2.65 bits per heavy atom. The lowest BCUT2D eigenvalue weighted by atomic mass is 9.87. The van der Waals surface area contributed by atoms with Crippen LogP contribution in [0.25, 0.3) is 17.5 Å². The van der Waals surface area contributed by atoms with E-state index in [-0.39, 0.29) is 11.7 Å². The fraction of sp³-hybridized carbons (Fsp3) is 0.320. The molecule has 180 valence electrons. The summed E-state index contributed by atoms with van der Waals surface area (Å²) in [5, 5.41) is 0. The summed E-state index contributed by atoms with van der Waals surface area (Å²) in [4.78, 5) is 19.8. The Kier molecular flexibility index (Phi) is 7.56. The number of rotatable bonds is 9. The highest BCUT2D eigenvalue weighted by Gasteiger charge is 2.30. The maximum atomic E-state index is 13.4. The molecule has 3 aromatic rings. The van der Waals surface area contributed by atoms with E-state index in [1.165, 1.54) is 3.97 Å². The van der Waals surface area contributed by atoms with Gasteiger partial charge in [0.25, 0.3) is 0 Å². The summed E-state index contributed by atoms with van der Waals surface area (Å²) >= 11 is 0. The van der Waals surface area contributed by atoms with Gasteiger partial charge in [-0.2, -0.15) is 0 Å². The Labute approximate surface area is 200 Å². The average Bonchev–Trinajstić information content (AvgIpc) is 3.18. The normalized spacial score (nSPS) is 13.2. The van der Waals surface area contributed by atoms with Crippen molar-refractivity contribution < 1.29 is 17.9 Å². The van der Waals surface area contributed by atoms with Gasteiger partial charge in [-0.3, -0.25) is 9.97 Å². The molecule has 34 heavy (non-hydrogen) atoms. The molecule has 0 aromatic carbocycles. The number of nitrogens with zero attached hydrogens (tertiary/aromatic N) is 3. The largest absolute Gasteiger partial charge is 0.443 e. The van der Waals surface area contributed by atoms with E-state index >= 15 is 0 Å². The van der Waals surface area contributed by atoms with Crippen LogP contribution in [-0.4, -0.2) is 39.8 Å². The lowest BCUT2D eigenvalue weighted by molar-refractivity contribution is 0.00479. The highest BCUT2D eigenvalue weighted by atomic mass is 32.2. The van der Waals surface area contributed by atoms with Gasteiger partial charge >= 0.3 is 6.09 Å². The Balaban J connectivity index is 1.96. The number of amides is 1. The Morgan fingerprint density at radius 2 is 2.00 bits per heavy atom. The van der Waals surface area contributed by atoms with Crippen LogP contribution in [0.5, 0.6) is 0 Å². The van der Waals surface area contributed by atoms with Crippen molar-refractivity contribution in [1.82, 2.24) is 13.9 Å². The molecule has 0 bridgehead atoms. The summed E-state index contributed by atoms with van der Waals surface area (Å²) in [6, 6.07) is 9.17. The summed E-state index contributed by atoms with van der Waals surface area (Å²) < 4.78 is 33.3. The van der Waals surface area contributed by atoms with Gasteiger partial charge in [0.2, 0.25) is 10.0 Å². The first kappa shape index (κ1) is 25.2. The summed E-state index contributed by atoms with van der Waals surface area (Å²) in [5.74, 6) is -0.317. The zero-order valence-corrected chi connectivity index (χ0v) is 20.6. The Hall–Kier alpha value is -3.46. The molecule has 1 unspecified atom stereocenters. The second kappa shape index (κ2) is 10.2. The number of carbonyl (C=O) groups excluding carboxylic acids is 1. The van der Waals surface area contributed by atoms with Crippen LogP contribution in [0, 0.1) is 12.8 Å². The second-order valence-electron chi connectivity index (χ2n) is 8.80. The third-order valence-corrected chi connectivity index (χ3v) is 7.30. The molecule has 3 aromatic heterocycles. The first-order chi connectivity index (χ1) is 16.0. The highest BCUT2D eigenvalue weighted by Crippen LogP contribution is 2.30. The zero-order valence-electron chi connectivity index (χ0n) is 19.8. The van der Waals surface area contributed by atoms with Crippen molar-refractivity contribution in [3.8, 4) is 11.4 Å². The van der Waals surface area contributed by atoms with Crippen LogP contribution in [-0.2, 0) is 21.2 Å². The summed E-state index contributed by atoms with van der Waals surface area (Å²) in [5.41, 5.74) is 7.94. The van der Waals surface area contributed by atoms with Gasteiger partial charge in [0.1, 0.15) is 5.60 Å². The van der Waals surface area contributed by atoms with Gasteiger partial charge in [0, 0.05) is 24.8 Å². The quantitative estimate of drug-likeness (QED) is 0.488. The minimum Gasteiger partial charge on any atom is -0.443 e. The number of aryl methyl sites for hydroxylation is 1. The van der Waals surface area contributed by atoms with Gasteiger partial charge in [-0.1, -0.05) is 31.2 Å². The molecular weight excluding hydrogens is 452 g/mol. The van der Waals surface area contributed by atoms with E-state index in [1.54, 1.807) is 56.9 Å². The molecule has 0 spiro atoms. The van der Waals surface area contributed by atoms with E-state index in [0.29, 0.717) is 17.8 Å². The predicted molar refractivity (Wildman–Crippen MR) is 132 cm³/mol. The van der Waals surface area contributed by atoms with Crippen molar-refractivity contribution in [2.24, 2.45) is 11.7 Å². The van der Waals surface area contributed by atoms with Gasteiger partial charge in [0.05, 0.1) is 17.1 Å². The molecule has 2 N–H and O–H groups in total. The molecule has 8 nitrogen and oxygen atoms in total. The SMILES string of the molecule is Cc1cccnc1-c1cc(CC(C)C(C)(C)OC(N)=O)cn1S(=O)(=O)CC=Cc1cccnc1. The van der Waals surface area contributed by atoms with Crippen molar-refractivity contribution in [3.05, 3.63) is 77.9 Å². The number of primary amides is 1. The highest BCUT2D eigenvalue weighted by molar-refractivity contribution is 7.90. The lowest BCUT2D eigenvalue weighted by Crippen LogP contribution is -2.38. The number of carbonyl (C=O) groups is 1. The molecular formula is C25H30N4O4S. The van der Waals surface area contributed by atoms with E-state index in [1.807, 2.05) is 38.1 Å². The molecule has 1 amide bonds. The molecule has 0 fully saturated rings. The number of aromatic nitrogens is 3. The Morgan fingerprint density at radius 1 is 1.26 bits per heavy atom. The minimum absolute atomic E-state index is 0.123. The van der Waals surface area contributed by atoms with Gasteiger partial charge in [0.15, 0.2) is 0 Å². The fourth-order valence-electron chi connectivity index (χ4n) is 3.58. The molecule has 0 saturated heterocycles. The molecule has 0 radical (unpaired) electrons. The van der Waals surface area contributed by atoms with Crippen molar-refractivity contribution in [1.29, 1.82) is 0 Å². The predicted octanol–water partition coefficient (Wildman–Crippen LogP) is 4.20. The molecule has 0 saturated carbocycles. The fourth-order valence-corrected chi connectivity index (χ4v) is 4.82. The summed E-state index contributed by atoms with van der Waals surface area (Å²) in [6.45, 7) is 7.38. The van der Waals surface area contributed by atoms with E-state index in [9.17, 15) is 13.2 Å². The van der Waals surface area contributed by atoms with Crippen molar-refractivity contribution in [2.45, 2.75) is 39.7 Å². The average molecular weight is 483 g/mol. The Bertz CT molecular complexity index is 1280. The van der Waals surface area contributed by atoms with E-state index in [0.717, 1.165) is 16.7 Å². The van der Waals surface area contributed by atoms with Crippen LogP contribution < -0.4 is 5.73 Å². The van der Waals surface area contributed by atoms with Crippen LogP contribution in [0.4, 0.5) is 4.79 Å². The van der Waals surface area contributed by atoms with Gasteiger partial charge in [-0.25, -0.2) is 17.2 Å². The third kappa shape index (κ3) is 6.11. The summed E-state index contributed by atoms with van der Waals surface area (Å²) in [6.07, 6.45) is 9.55. The molecule has 9 heteroatoms. The van der Waals surface area contributed by atoms with Crippen molar-refractivity contribution >= 4 is 22.2 Å². The topological polar surface area (TPSA) is 117 Å². The van der Waals surface area contributed by atoms with Crippen LogP contribution in [0.15, 0.2) is 61.2 Å². The monoisotopic (exact) mass is 482 g/mol. The van der Waals surface area contributed by atoms with Crippen LogP contribution >= 0.6 is 0 Å². The molecule has 1 atom stereocenters. The standard InChI is InChI=1S/C25H30N4O4S/c1-18-8-5-12-28-23(18)22-15-21(14-19(2)25(3,4)33-24(26)30)17-29(22)34(31,32)13-7-10-20-9-6-11-27-16-20/h5-12,15-17,19H,13-14H2,1-4H3,(H2,26,30). The zero-order chi connectivity index (χ0) is 24.9. The number of ether oxygens (including phenoxy) is 1. The number of nitrogens with two attached hydrogens (primary N) is 1. The second-order valence-corrected chi connectivity index (χ2v) is 10.7. The first-order valence-corrected chi connectivity index (χ1v) is 12.5. The first-order valence-electron chi connectivity index (χ1n) is 10.9.